The van der Waals surface area contributed by atoms with Crippen molar-refractivity contribution in [3.05, 3.63) is 30.3 Å². The van der Waals surface area contributed by atoms with Crippen LogP contribution in [0.1, 0.15) is 18.9 Å². The largest absolute Gasteiger partial charge is 0.496 e. The number of fused-ring (bicyclic) bond motifs is 1. The molecule has 8 heteroatoms. The molecule has 28 heavy (non-hydrogen) atoms. The minimum absolute atomic E-state index is 0. The van der Waals surface area contributed by atoms with Gasteiger partial charge in [0.2, 0.25) is 5.88 Å². The van der Waals surface area contributed by atoms with Crippen molar-refractivity contribution in [1.29, 1.82) is 0 Å². The number of hydrogen-bond acceptors (Lipinski definition) is 6. The highest BCUT2D eigenvalue weighted by Crippen LogP contribution is 2.35. The lowest BCUT2D eigenvalue weighted by molar-refractivity contribution is -0.141. The standard InChI is InChI=1S/C20H24N2O5.ClH/c1-5-12-7-14-15(9-17(12)25-4)21-19(26-6-2)10-18(14)27-13-8-16(20(23)24)22(3)11-13;/h5,7,9-10,13,16H,1,6,8,11H2,2-4H3,(H,23,24);1H/t13-,16+;/m1./s1. The Labute approximate surface area is 170 Å². The molecule has 1 aliphatic heterocycles. The van der Waals surface area contributed by atoms with E-state index in [0.29, 0.717) is 42.5 Å². The molecule has 1 saturated heterocycles. The number of likely N-dealkylation sites (tertiary alicyclic amines) is 1. The van der Waals surface area contributed by atoms with Crippen LogP contribution in [0.4, 0.5) is 0 Å². The Hall–Kier alpha value is -2.51. The van der Waals surface area contributed by atoms with Crippen LogP contribution in [0.2, 0.25) is 0 Å². The summed E-state index contributed by atoms with van der Waals surface area (Å²) in [7, 11) is 3.39. The Morgan fingerprint density at radius 1 is 1.39 bits per heavy atom. The number of ether oxygens (including phenoxy) is 3. The van der Waals surface area contributed by atoms with Gasteiger partial charge in [-0.3, -0.25) is 9.69 Å². The maximum absolute atomic E-state index is 11.4. The first kappa shape index (κ1) is 21.8. The summed E-state index contributed by atoms with van der Waals surface area (Å²) in [6.45, 7) is 6.73. The van der Waals surface area contributed by atoms with Gasteiger partial charge in [-0.2, -0.15) is 0 Å². The summed E-state index contributed by atoms with van der Waals surface area (Å²) < 4.78 is 17.2. The van der Waals surface area contributed by atoms with Crippen LogP contribution in [-0.2, 0) is 4.79 Å². The topological polar surface area (TPSA) is 81.1 Å². The molecule has 3 rings (SSSR count). The quantitative estimate of drug-likeness (QED) is 0.753. The number of aromatic nitrogens is 1. The number of methoxy groups -OCH3 is 1. The minimum Gasteiger partial charge on any atom is -0.496 e. The van der Waals surface area contributed by atoms with Gasteiger partial charge in [-0.05, 0) is 20.0 Å². The number of carboxylic acid groups (broad SMARTS) is 1. The Morgan fingerprint density at radius 3 is 2.71 bits per heavy atom. The molecule has 2 aromatic rings. The second kappa shape index (κ2) is 9.12. The van der Waals surface area contributed by atoms with Gasteiger partial charge in [-0.1, -0.05) is 12.7 Å². The highest BCUT2D eigenvalue weighted by molar-refractivity contribution is 5.90. The lowest BCUT2D eigenvalue weighted by Crippen LogP contribution is -2.32. The molecule has 0 spiro atoms. The average Bonchev–Trinajstić information content (AvgIpc) is 3.01. The molecular weight excluding hydrogens is 384 g/mol. The normalized spacial score (nSPS) is 19.1. The van der Waals surface area contributed by atoms with E-state index < -0.39 is 12.0 Å². The summed E-state index contributed by atoms with van der Waals surface area (Å²) in [4.78, 5) is 17.7. The molecule has 0 aliphatic carbocycles. The molecule has 7 nitrogen and oxygen atoms in total. The lowest BCUT2D eigenvalue weighted by Gasteiger charge is -2.17. The predicted octanol–water partition coefficient (Wildman–Crippen LogP) is 3.24. The van der Waals surface area contributed by atoms with E-state index in [1.54, 1.807) is 31.2 Å². The van der Waals surface area contributed by atoms with Crippen molar-refractivity contribution in [2.45, 2.75) is 25.5 Å². The van der Waals surface area contributed by atoms with Crippen molar-refractivity contribution in [2.75, 3.05) is 27.3 Å². The molecule has 0 radical (unpaired) electrons. The van der Waals surface area contributed by atoms with Crippen LogP contribution >= 0.6 is 12.4 Å². The summed E-state index contributed by atoms with van der Waals surface area (Å²) in [5, 5.41) is 10.1. The number of aliphatic carboxylic acids is 1. The second-order valence-electron chi connectivity index (χ2n) is 6.48. The molecule has 1 aliphatic rings. The Kier molecular flexibility index (Phi) is 7.10. The molecule has 1 aromatic carbocycles. The number of halogens is 1. The van der Waals surface area contributed by atoms with Crippen LogP contribution < -0.4 is 14.2 Å². The van der Waals surface area contributed by atoms with E-state index >= 15 is 0 Å². The van der Waals surface area contributed by atoms with Crippen molar-refractivity contribution in [3.63, 3.8) is 0 Å². The average molecular weight is 409 g/mol. The Balaban J connectivity index is 0.00000280. The smallest absolute Gasteiger partial charge is 0.321 e. The maximum atomic E-state index is 11.4. The van der Waals surface area contributed by atoms with Crippen molar-refractivity contribution >= 4 is 35.4 Å². The number of hydrogen-bond donors (Lipinski definition) is 1. The zero-order chi connectivity index (χ0) is 19.6. The molecule has 2 atom stereocenters. The van der Waals surface area contributed by atoms with Crippen molar-refractivity contribution in [2.24, 2.45) is 0 Å². The number of likely N-dealkylation sites (N-methyl/N-ethyl adjacent to an activating group) is 1. The fourth-order valence-corrected chi connectivity index (χ4v) is 3.38. The molecular formula is C20H25ClN2O5. The molecule has 1 N–H and O–H groups in total. The van der Waals surface area contributed by atoms with Crippen molar-refractivity contribution in [1.82, 2.24) is 9.88 Å². The molecule has 1 fully saturated rings. The summed E-state index contributed by atoms with van der Waals surface area (Å²) in [5.41, 5.74) is 1.51. The van der Waals surface area contributed by atoms with Crippen molar-refractivity contribution < 1.29 is 24.1 Å². The number of rotatable bonds is 7. The van der Waals surface area contributed by atoms with Crippen LogP contribution in [0.25, 0.3) is 17.0 Å². The van der Waals surface area contributed by atoms with Crippen LogP contribution in [-0.4, -0.2) is 60.4 Å². The van der Waals surface area contributed by atoms with E-state index in [0.717, 1.165) is 10.9 Å². The van der Waals surface area contributed by atoms with Crippen LogP contribution in [0.3, 0.4) is 0 Å². The minimum atomic E-state index is -0.836. The van der Waals surface area contributed by atoms with Gasteiger partial charge in [0.25, 0.3) is 0 Å². The van der Waals surface area contributed by atoms with E-state index in [9.17, 15) is 9.90 Å². The molecule has 1 aromatic heterocycles. The van der Waals surface area contributed by atoms with Crippen molar-refractivity contribution in [3.8, 4) is 17.4 Å². The van der Waals surface area contributed by atoms with Gasteiger partial charge in [0.1, 0.15) is 23.6 Å². The zero-order valence-electron chi connectivity index (χ0n) is 16.2. The van der Waals surface area contributed by atoms with Crippen LogP contribution in [0, 0.1) is 0 Å². The highest BCUT2D eigenvalue weighted by atomic mass is 35.5. The lowest BCUT2D eigenvalue weighted by atomic mass is 10.1. The third kappa shape index (κ3) is 4.31. The third-order valence-electron chi connectivity index (χ3n) is 4.70. The van der Waals surface area contributed by atoms with E-state index in [1.165, 1.54) is 0 Å². The molecule has 0 saturated carbocycles. The molecule has 0 bridgehead atoms. The number of carbonyl (C=O) groups is 1. The van der Waals surface area contributed by atoms with E-state index in [2.05, 4.69) is 11.6 Å². The first-order valence-electron chi connectivity index (χ1n) is 8.84. The van der Waals surface area contributed by atoms with Gasteiger partial charge in [-0.15, -0.1) is 12.4 Å². The molecule has 2 heterocycles. The van der Waals surface area contributed by atoms with Gasteiger partial charge in [-0.25, -0.2) is 4.98 Å². The van der Waals surface area contributed by atoms with E-state index in [-0.39, 0.29) is 18.5 Å². The van der Waals surface area contributed by atoms with Gasteiger partial charge < -0.3 is 19.3 Å². The molecule has 0 amide bonds. The van der Waals surface area contributed by atoms with Crippen LogP contribution in [0.5, 0.6) is 17.4 Å². The Bertz CT molecular complexity index is 873. The highest BCUT2D eigenvalue weighted by Gasteiger charge is 2.36. The molecule has 152 valence electrons. The van der Waals surface area contributed by atoms with Gasteiger partial charge in [0.05, 0.1) is 19.2 Å². The number of benzene rings is 1. The fraction of sp³-hybridized carbons (Fsp3) is 0.400. The number of pyridine rings is 1. The SMILES string of the molecule is C=Cc1cc2c(O[C@@H]3C[C@@H](C(=O)O)N(C)C3)cc(OCC)nc2cc1OC.Cl. The zero-order valence-corrected chi connectivity index (χ0v) is 17.0. The first-order chi connectivity index (χ1) is 13.0. The van der Waals surface area contributed by atoms with E-state index in [4.69, 9.17) is 14.2 Å². The summed E-state index contributed by atoms with van der Waals surface area (Å²) in [6.07, 6.45) is 1.90. The molecule has 0 unspecified atom stereocenters. The fourth-order valence-electron chi connectivity index (χ4n) is 3.38. The number of carboxylic acids is 1. The maximum Gasteiger partial charge on any atom is 0.321 e. The predicted molar refractivity (Wildman–Crippen MR) is 110 cm³/mol. The van der Waals surface area contributed by atoms with Gasteiger partial charge in [0.15, 0.2) is 0 Å². The van der Waals surface area contributed by atoms with Gasteiger partial charge >= 0.3 is 5.97 Å². The van der Waals surface area contributed by atoms with Crippen LogP contribution in [0.15, 0.2) is 24.8 Å². The third-order valence-corrected chi connectivity index (χ3v) is 4.70. The summed E-state index contributed by atoms with van der Waals surface area (Å²) >= 11 is 0. The summed E-state index contributed by atoms with van der Waals surface area (Å²) in [5.74, 6) is 0.890. The van der Waals surface area contributed by atoms with Gasteiger partial charge in [0, 0.05) is 36.0 Å². The van der Waals surface area contributed by atoms with E-state index in [1.807, 2.05) is 19.1 Å². The first-order valence-corrected chi connectivity index (χ1v) is 8.84. The summed E-state index contributed by atoms with van der Waals surface area (Å²) in [6, 6.07) is 4.94. The Morgan fingerprint density at radius 2 is 2.14 bits per heavy atom. The monoisotopic (exact) mass is 408 g/mol. The number of nitrogens with zero attached hydrogens (tertiary/aromatic N) is 2. The second-order valence-corrected chi connectivity index (χ2v) is 6.48.